The second-order valence-electron chi connectivity index (χ2n) is 6.86. The maximum absolute atomic E-state index is 12.6. The molecular weight excluding hydrogens is 501 g/mol. The molecule has 0 aliphatic rings. The number of hydrogen-bond acceptors (Lipinski definition) is 5. The summed E-state index contributed by atoms with van der Waals surface area (Å²) < 4.78 is 5.75. The van der Waals surface area contributed by atoms with Crippen molar-refractivity contribution in [2.45, 2.75) is 6.42 Å². The summed E-state index contributed by atoms with van der Waals surface area (Å²) in [4.78, 5) is 17.7. The molecule has 0 spiro atoms. The molecule has 2 aromatic heterocycles. The SMILES string of the molecule is N#CC(=Cc1ccc(-c2ccccc2Cl)o1)C(=O)Nc1ncc(Cc2ccc(Cl)c(Cl)c2)s1. The van der Waals surface area contributed by atoms with Gasteiger partial charge in [0.1, 0.15) is 23.2 Å². The molecule has 0 fully saturated rings. The van der Waals surface area contributed by atoms with E-state index in [0.29, 0.717) is 38.1 Å². The van der Waals surface area contributed by atoms with Gasteiger partial charge in [0.05, 0.1) is 15.1 Å². The van der Waals surface area contributed by atoms with Crippen LogP contribution in [-0.2, 0) is 11.2 Å². The third-order valence-corrected chi connectivity index (χ3v) is 6.54. The first-order valence-corrected chi connectivity index (χ1v) is 11.5. The van der Waals surface area contributed by atoms with Crippen LogP contribution < -0.4 is 5.32 Å². The lowest BCUT2D eigenvalue weighted by molar-refractivity contribution is -0.112. The zero-order valence-corrected chi connectivity index (χ0v) is 19.9. The minimum Gasteiger partial charge on any atom is -0.457 e. The molecule has 0 bridgehead atoms. The van der Waals surface area contributed by atoms with Gasteiger partial charge in [-0.15, -0.1) is 11.3 Å². The van der Waals surface area contributed by atoms with Crippen LogP contribution in [0.2, 0.25) is 15.1 Å². The molecule has 0 aliphatic carbocycles. The van der Waals surface area contributed by atoms with Crippen LogP contribution in [0.3, 0.4) is 0 Å². The molecule has 9 heteroatoms. The summed E-state index contributed by atoms with van der Waals surface area (Å²) in [6.07, 6.45) is 3.63. The Morgan fingerprint density at radius 3 is 2.67 bits per heavy atom. The van der Waals surface area contributed by atoms with Gasteiger partial charge in [-0.1, -0.05) is 53.0 Å². The molecule has 2 aromatic carbocycles. The van der Waals surface area contributed by atoms with Crippen molar-refractivity contribution in [1.29, 1.82) is 5.26 Å². The summed E-state index contributed by atoms with van der Waals surface area (Å²) in [5, 5.41) is 14.0. The third-order valence-electron chi connectivity index (χ3n) is 4.55. The molecule has 1 N–H and O–H groups in total. The second-order valence-corrected chi connectivity index (χ2v) is 9.20. The molecule has 1 amide bonds. The van der Waals surface area contributed by atoms with Crippen molar-refractivity contribution in [1.82, 2.24) is 4.98 Å². The zero-order chi connectivity index (χ0) is 23.4. The lowest BCUT2D eigenvalue weighted by Gasteiger charge is -2.01. The molecule has 5 nitrogen and oxygen atoms in total. The number of nitrogens with zero attached hydrogens (tertiary/aromatic N) is 2. The Morgan fingerprint density at radius 2 is 1.91 bits per heavy atom. The Kier molecular flexibility index (Phi) is 7.17. The molecule has 4 rings (SSSR count). The standard InChI is InChI=1S/C24H14Cl3N3O2S/c25-19-4-2-1-3-18(19)22-8-6-16(32-22)11-15(12-28)23(31)30-24-29-13-17(33-24)9-14-5-7-20(26)21(27)10-14/h1-8,10-11,13H,9H2,(H,29,30,31). The molecule has 0 aliphatic heterocycles. The average molecular weight is 515 g/mol. The predicted molar refractivity (Wildman–Crippen MR) is 133 cm³/mol. The first-order chi connectivity index (χ1) is 15.9. The third kappa shape index (κ3) is 5.65. The Hall–Kier alpha value is -3.08. The first-order valence-electron chi connectivity index (χ1n) is 9.59. The van der Waals surface area contributed by atoms with Crippen molar-refractivity contribution in [3.63, 3.8) is 0 Å². The van der Waals surface area contributed by atoms with Crippen LogP contribution >= 0.6 is 46.1 Å². The highest BCUT2D eigenvalue weighted by Gasteiger charge is 2.14. The lowest BCUT2D eigenvalue weighted by atomic mass is 10.1. The molecular formula is C24H14Cl3N3O2S. The summed E-state index contributed by atoms with van der Waals surface area (Å²) in [7, 11) is 0. The first kappa shape index (κ1) is 23.1. The number of aromatic nitrogens is 1. The molecule has 2 heterocycles. The number of halogens is 3. The largest absolute Gasteiger partial charge is 0.457 e. The minimum atomic E-state index is -0.580. The monoisotopic (exact) mass is 513 g/mol. The Labute approximate surface area is 208 Å². The van der Waals surface area contributed by atoms with Crippen molar-refractivity contribution in [3.05, 3.63) is 97.6 Å². The van der Waals surface area contributed by atoms with Gasteiger partial charge >= 0.3 is 0 Å². The van der Waals surface area contributed by atoms with E-state index >= 15 is 0 Å². The van der Waals surface area contributed by atoms with Crippen LogP contribution in [0.25, 0.3) is 17.4 Å². The fourth-order valence-electron chi connectivity index (χ4n) is 2.99. The predicted octanol–water partition coefficient (Wildman–Crippen LogP) is 7.50. The van der Waals surface area contributed by atoms with E-state index in [-0.39, 0.29) is 5.57 Å². The molecule has 0 radical (unpaired) electrons. The Balaban J connectivity index is 1.45. The fourth-order valence-corrected chi connectivity index (χ4v) is 4.38. The fraction of sp³-hybridized carbons (Fsp3) is 0.0417. The van der Waals surface area contributed by atoms with Crippen molar-refractivity contribution in [3.8, 4) is 17.4 Å². The van der Waals surface area contributed by atoms with Crippen LogP contribution in [0.5, 0.6) is 0 Å². The van der Waals surface area contributed by atoms with Crippen LogP contribution in [0.4, 0.5) is 5.13 Å². The number of furan rings is 1. The van der Waals surface area contributed by atoms with Gasteiger partial charge in [-0.3, -0.25) is 10.1 Å². The molecule has 164 valence electrons. The van der Waals surface area contributed by atoms with Crippen molar-refractivity contribution >= 4 is 63.3 Å². The summed E-state index contributed by atoms with van der Waals surface area (Å²) in [5.41, 5.74) is 1.58. The summed E-state index contributed by atoms with van der Waals surface area (Å²) in [5.74, 6) is 0.316. The number of nitrogens with one attached hydrogen (secondary N) is 1. The maximum Gasteiger partial charge on any atom is 0.268 e. The van der Waals surface area contributed by atoms with Gasteiger partial charge in [-0.05, 0) is 42.0 Å². The zero-order valence-electron chi connectivity index (χ0n) is 16.8. The molecule has 0 saturated carbocycles. The topological polar surface area (TPSA) is 78.9 Å². The molecule has 0 saturated heterocycles. The van der Waals surface area contributed by atoms with E-state index in [2.05, 4.69) is 10.3 Å². The number of nitriles is 1. The Bertz CT molecular complexity index is 1400. The van der Waals surface area contributed by atoms with E-state index < -0.39 is 5.91 Å². The maximum atomic E-state index is 12.6. The quantitative estimate of drug-likeness (QED) is 0.213. The van der Waals surface area contributed by atoms with E-state index in [1.807, 2.05) is 30.3 Å². The van der Waals surface area contributed by atoms with Gasteiger partial charge in [0.25, 0.3) is 5.91 Å². The van der Waals surface area contributed by atoms with Gasteiger partial charge in [-0.2, -0.15) is 5.26 Å². The number of benzene rings is 2. The summed E-state index contributed by atoms with van der Waals surface area (Å²) >= 11 is 19.5. The highest BCUT2D eigenvalue weighted by molar-refractivity contribution is 7.15. The summed E-state index contributed by atoms with van der Waals surface area (Å²) in [6, 6.07) is 18.0. The van der Waals surface area contributed by atoms with Gasteiger partial charge in [0.2, 0.25) is 0 Å². The van der Waals surface area contributed by atoms with Crippen LogP contribution in [0.15, 0.2) is 70.8 Å². The van der Waals surface area contributed by atoms with Crippen molar-refractivity contribution < 1.29 is 9.21 Å². The van der Waals surface area contributed by atoms with Gasteiger partial charge in [0.15, 0.2) is 5.13 Å². The molecule has 4 aromatic rings. The molecule has 0 atom stereocenters. The highest BCUT2D eigenvalue weighted by atomic mass is 35.5. The second kappa shape index (κ2) is 10.2. The van der Waals surface area contributed by atoms with Crippen LogP contribution in [0.1, 0.15) is 16.2 Å². The van der Waals surface area contributed by atoms with Crippen molar-refractivity contribution in [2.75, 3.05) is 5.32 Å². The smallest absolute Gasteiger partial charge is 0.268 e. The van der Waals surface area contributed by atoms with E-state index in [0.717, 1.165) is 16.0 Å². The van der Waals surface area contributed by atoms with Crippen LogP contribution in [-0.4, -0.2) is 10.9 Å². The molecule has 0 unspecified atom stereocenters. The number of carbonyl (C=O) groups excluding carboxylic acids is 1. The number of thiazole rings is 1. The normalized spacial score (nSPS) is 11.3. The number of rotatable bonds is 6. The molecule has 33 heavy (non-hydrogen) atoms. The van der Waals surface area contributed by atoms with E-state index in [9.17, 15) is 10.1 Å². The minimum absolute atomic E-state index is 0.115. The number of hydrogen-bond donors (Lipinski definition) is 1. The van der Waals surface area contributed by atoms with Crippen molar-refractivity contribution in [2.24, 2.45) is 0 Å². The number of anilines is 1. The van der Waals surface area contributed by atoms with E-state index in [4.69, 9.17) is 39.2 Å². The average Bonchev–Trinajstić information content (AvgIpc) is 3.44. The highest BCUT2D eigenvalue weighted by Crippen LogP contribution is 2.30. The van der Waals surface area contributed by atoms with E-state index in [1.54, 1.807) is 36.5 Å². The van der Waals surface area contributed by atoms with E-state index in [1.165, 1.54) is 17.4 Å². The Morgan fingerprint density at radius 1 is 1.09 bits per heavy atom. The summed E-state index contributed by atoms with van der Waals surface area (Å²) in [6.45, 7) is 0. The lowest BCUT2D eigenvalue weighted by Crippen LogP contribution is -2.13. The van der Waals surface area contributed by atoms with Gasteiger partial charge in [-0.25, -0.2) is 4.98 Å². The van der Waals surface area contributed by atoms with Crippen LogP contribution in [0, 0.1) is 11.3 Å². The number of amides is 1. The number of carbonyl (C=O) groups is 1. The van der Waals surface area contributed by atoms with Gasteiger partial charge < -0.3 is 4.42 Å². The van der Waals surface area contributed by atoms with Gasteiger partial charge in [0, 0.05) is 29.1 Å².